The van der Waals surface area contributed by atoms with Crippen molar-refractivity contribution >= 4 is 23.0 Å². The van der Waals surface area contributed by atoms with E-state index in [-0.39, 0.29) is 12.5 Å². The van der Waals surface area contributed by atoms with E-state index >= 15 is 0 Å². The lowest BCUT2D eigenvalue weighted by Gasteiger charge is -2.36. The van der Waals surface area contributed by atoms with Crippen LogP contribution in [-0.2, 0) is 4.79 Å². The highest BCUT2D eigenvalue weighted by Gasteiger charge is 2.35. The van der Waals surface area contributed by atoms with Crippen molar-refractivity contribution in [1.29, 1.82) is 0 Å². The van der Waals surface area contributed by atoms with Gasteiger partial charge in [-0.1, -0.05) is 12.1 Å². The van der Waals surface area contributed by atoms with Crippen molar-refractivity contribution in [3.05, 3.63) is 36.2 Å². The summed E-state index contributed by atoms with van der Waals surface area (Å²) in [5.74, 6) is -0.637. The Balaban J connectivity index is 2.04. The van der Waals surface area contributed by atoms with Crippen LogP contribution in [-0.4, -0.2) is 51.6 Å². The molecule has 0 bridgehead atoms. The van der Waals surface area contributed by atoms with Crippen molar-refractivity contribution in [3.63, 3.8) is 0 Å². The number of carboxylic acid groups (broad SMARTS) is 1. The van der Waals surface area contributed by atoms with Crippen molar-refractivity contribution in [2.24, 2.45) is 11.7 Å². The summed E-state index contributed by atoms with van der Waals surface area (Å²) in [5, 5.41) is 12.9. The molecule has 2 aromatic rings. The van der Waals surface area contributed by atoms with E-state index < -0.39 is 18.0 Å². The molecule has 0 radical (unpaired) electrons. The maximum absolute atomic E-state index is 11.8. The van der Waals surface area contributed by atoms with Crippen LogP contribution in [0.15, 0.2) is 30.5 Å². The first-order valence-corrected chi connectivity index (χ1v) is 8.26. The third-order valence-electron chi connectivity index (χ3n) is 4.51. The van der Waals surface area contributed by atoms with Gasteiger partial charge in [-0.05, 0) is 44.0 Å². The number of benzene rings is 1. The summed E-state index contributed by atoms with van der Waals surface area (Å²) in [5.41, 5.74) is 7.27. The van der Waals surface area contributed by atoms with E-state index in [0.29, 0.717) is 11.2 Å². The van der Waals surface area contributed by atoms with Gasteiger partial charge < -0.3 is 16.2 Å². The van der Waals surface area contributed by atoms with Crippen LogP contribution in [0.25, 0.3) is 11.0 Å². The lowest BCUT2D eigenvalue weighted by molar-refractivity contribution is -0.119. The Kier molecular flexibility index (Phi) is 5.08. The molecule has 1 aliphatic heterocycles. The third kappa shape index (κ3) is 3.85. The first-order chi connectivity index (χ1) is 12.1. The molecule has 4 N–H and O–H groups in total. The lowest BCUT2D eigenvalue weighted by Crippen LogP contribution is -2.45. The van der Waals surface area contributed by atoms with Gasteiger partial charge in [-0.3, -0.25) is 14.7 Å². The molecule has 3 rings (SSSR count). The van der Waals surface area contributed by atoms with E-state index in [0.717, 1.165) is 36.3 Å². The number of hydrogen-bond donors (Lipinski definition) is 3. The highest BCUT2D eigenvalue weighted by Crippen LogP contribution is 2.33. The van der Waals surface area contributed by atoms with E-state index in [1.165, 1.54) is 0 Å². The number of hydrogen-bond acceptors (Lipinski definition) is 5. The molecule has 8 nitrogen and oxygen atoms in total. The molecule has 1 aromatic heterocycles. The minimum atomic E-state index is -1.18. The Bertz CT molecular complexity index is 776. The number of carbonyl (C=O) groups excluding carboxylic acids is 1. The molecule has 1 unspecified atom stereocenters. The number of amides is 2. The summed E-state index contributed by atoms with van der Waals surface area (Å²) in [7, 11) is 0. The monoisotopic (exact) mass is 343 g/mol. The topological polar surface area (TPSA) is 121 Å². The zero-order chi connectivity index (χ0) is 17.8. The fourth-order valence-electron chi connectivity index (χ4n) is 3.38. The Labute approximate surface area is 145 Å². The van der Waals surface area contributed by atoms with Crippen LogP contribution < -0.4 is 11.1 Å². The number of carbonyl (C=O) groups is 2. The molecule has 1 fully saturated rings. The second-order valence-corrected chi connectivity index (χ2v) is 6.19. The Hall–Kier alpha value is -2.74. The predicted octanol–water partition coefficient (Wildman–Crippen LogP) is 1.14. The van der Waals surface area contributed by atoms with Crippen LogP contribution in [0.3, 0.4) is 0 Å². The number of fused-ring (bicyclic) bond motifs is 1. The molecule has 0 aliphatic carbocycles. The van der Waals surface area contributed by atoms with Crippen LogP contribution in [0.2, 0.25) is 0 Å². The predicted molar refractivity (Wildman–Crippen MR) is 91.8 cm³/mol. The summed E-state index contributed by atoms with van der Waals surface area (Å²) in [6, 6.07) is 6.87. The van der Waals surface area contributed by atoms with E-state index in [1.807, 2.05) is 24.3 Å². The fraction of sp³-hybridized carbons (Fsp3) is 0.412. The van der Waals surface area contributed by atoms with Crippen LogP contribution in [0.1, 0.15) is 24.6 Å². The maximum atomic E-state index is 11.8. The molecule has 2 amide bonds. The van der Waals surface area contributed by atoms with Crippen LogP contribution >= 0.6 is 0 Å². The van der Waals surface area contributed by atoms with Crippen molar-refractivity contribution < 1.29 is 14.7 Å². The van der Waals surface area contributed by atoms with Crippen LogP contribution in [0.4, 0.5) is 4.79 Å². The smallest absolute Gasteiger partial charge is 0.408 e. The first kappa shape index (κ1) is 17.1. The number of aromatic nitrogens is 2. The summed E-state index contributed by atoms with van der Waals surface area (Å²) in [4.78, 5) is 33.3. The van der Waals surface area contributed by atoms with Crippen molar-refractivity contribution in [2.45, 2.75) is 18.9 Å². The van der Waals surface area contributed by atoms with Crippen LogP contribution in [0.5, 0.6) is 0 Å². The highest BCUT2D eigenvalue weighted by atomic mass is 16.4. The number of primary amides is 1. The molecular formula is C17H21N5O3. The van der Waals surface area contributed by atoms with E-state index in [1.54, 1.807) is 6.20 Å². The van der Waals surface area contributed by atoms with E-state index in [4.69, 9.17) is 5.73 Å². The lowest BCUT2D eigenvalue weighted by atomic mass is 9.87. The number of rotatable bonds is 5. The van der Waals surface area contributed by atoms with Gasteiger partial charge in [0, 0.05) is 0 Å². The largest absolute Gasteiger partial charge is 0.465 e. The van der Waals surface area contributed by atoms with Gasteiger partial charge in [0.1, 0.15) is 6.54 Å². The maximum Gasteiger partial charge on any atom is 0.408 e. The van der Waals surface area contributed by atoms with Gasteiger partial charge in [0.25, 0.3) is 0 Å². The highest BCUT2D eigenvalue weighted by molar-refractivity contribution is 5.80. The number of piperidine rings is 1. The second kappa shape index (κ2) is 7.43. The van der Waals surface area contributed by atoms with Gasteiger partial charge in [0.05, 0.1) is 29.0 Å². The van der Waals surface area contributed by atoms with Crippen molar-refractivity contribution in [3.8, 4) is 0 Å². The van der Waals surface area contributed by atoms with Crippen molar-refractivity contribution in [1.82, 2.24) is 20.2 Å². The molecule has 8 heteroatoms. The quantitative estimate of drug-likeness (QED) is 0.748. The number of nitrogens with one attached hydrogen (secondary N) is 1. The molecule has 1 atom stereocenters. The standard InChI is InChI=1S/C17H21N5O3/c18-15(23)10-22(17(24)25)16(11-5-7-19-8-6-11)14-9-20-12-3-1-2-4-13(12)21-14/h1-4,9,11,16,19H,5-8,10H2,(H2,18,23)(H,24,25). The minimum absolute atomic E-state index is 0.0483. The summed E-state index contributed by atoms with van der Waals surface area (Å²) in [6.45, 7) is 1.23. The Morgan fingerprint density at radius 3 is 2.60 bits per heavy atom. The zero-order valence-corrected chi connectivity index (χ0v) is 13.8. The third-order valence-corrected chi connectivity index (χ3v) is 4.51. The van der Waals surface area contributed by atoms with Gasteiger partial charge in [-0.25, -0.2) is 9.78 Å². The zero-order valence-electron chi connectivity index (χ0n) is 13.8. The Morgan fingerprint density at radius 1 is 1.28 bits per heavy atom. The SMILES string of the molecule is NC(=O)CN(C(=O)O)C(c1cnc2ccccc2n1)C1CCNCC1. The van der Waals surface area contributed by atoms with Crippen molar-refractivity contribution in [2.75, 3.05) is 19.6 Å². The van der Waals surface area contributed by atoms with Gasteiger partial charge in [0.2, 0.25) is 5.91 Å². The average molecular weight is 343 g/mol. The molecule has 132 valence electrons. The molecule has 1 aliphatic rings. The minimum Gasteiger partial charge on any atom is -0.465 e. The van der Waals surface area contributed by atoms with Crippen LogP contribution in [0, 0.1) is 5.92 Å². The number of para-hydroxylation sites is 2. The summed E-state index contributed by atoms with van der Waals surface area (Å²) < 4.78 is 0. The van der Waals surface area contributed by atoms with Gasteiger partial charge in [0.15, 0.2) is 0 Å². The first-order valence-electron chi connectivity index (χ1n) is 8.26. The molecule has 1 saturated heterocycles. The molecule has 0 spiro atoms. The normalized spacial score (nSPS) is 16.5. The second-order valence-electron chi connectivity index (χ2n) is 6.19. The van der Waals surface area contributed by atoms with E-state index in [9.17, 15) is 14.7 Å². The number of nitrogens with two attached hydrogens (primary N) is 1. The van der Waals surface area contributed by atoms with E-state index in [2.05, 4.69) is 15.3 Å². The fourth-order valence-corrected chi connectivity index (χ4v) is 3.38. The number of nitrogens with zero attached hydrogens (tertiary/aromatic N) is 3. The molecule has 0 saturated carbocycles. The van der Waals surface area contributed by atoms with Gasteiger partial charge >= 0.3 is 6.09 Å². The molecular weight excluding hydrogens is 322 g/mol. The summed E-state index contributed by atoms with van der Waals surface area (Å²) in [6.07, 6.45) is 2.01. The molecule has 1 aromatic carbocycles. The molecule has 25 heavy (non-hydrogen) atoms. The average Bonchev–Trinajstić information content (AvgIpc) is 2.61. The Morgan fingerprint density at radius 2 is 1.96 bits per heavy atom. The molecule has 2 heterocycles. The van der Waals surface area contributed by atoms with Gasteiger partial charge in [-0.15, -0.1) is 0 Å². The van der Waals surface area contributed by atoms with Gasteiger partial charge in [-0.2, -0.15) is 0 Å². The summed E-state index contributed by atoms with van der Waals surface area (Å²) >= 11 is 0.